The van der Waals surface area contributed by atoms with Gasteiger partial charge in [-0.15, -0.1) is 11.3 Å². The number of hydrogen-bond acceptors (Lipinski definition) is 4. The van der Waals surface area contributed by atoms with Gasteiger partial charge in [0.25, 0.3) is 0 Å². The molecule has 74 valence electrons. The lowest BCUT2D eigenvalue weighted by Gasteiger charge is -2.03. The van der Waals surface area contributed by atoms with Crippen molar-refractivity contribution < 1.29 is 0 Å². The summed E-state index contributed by atoms with van der Waals surface area (Å²) in [4.78, 5) is 11.1. The van der Waals surface area contributed by atoms with Crippen molar-refractivity contribution in [2.45, 2.75) is 20.8 Å². The number of aryl methyl sites for hydroxylation is 2. The summed E-state index contributed by atoms with van der Waals surface area (Å²) in [5.74, 6) is 1.79. The molecule has 0 saturated carbocycles. The first-order chi connectivity index (χ1) is 6.70. The summed E-state index contributed by atoms with van der Waals surface area (Å²) in [7, 11) is 0. The van der Waals surface area contributed by atoms with E-state index in [0.29, 0.717) is 0 Å². The number of nitrogens with zero attached hydrogens (tertiary/aromatic N) is 2. The van der Waals surface area contributed by atoms with Crippen LogP contribution in [-0.4, -0.2) is 16.5 Å². The Kier molecular flexibility index (Phi) is 2.37. The van der Waals surface area contributed by atoms with Crippen molar-refractivity contribution >= 4 is 27.4 Å². The monoisotopic (exact) mass is 207 g/mol. The standard InChI is InChI=1S/C10H13N3S/c1-4-11-9-8-5-6(2)14-10(8)13-7(3)12-9/h5H,4H2,1-3H3,(H,11,12,13). The topological polar surface area (TPSA) is 37.8 Å². The highest BCUT2D eigenvalue weighted by atomic mass is 32.1. The molecule has 0 unspecified atom stereocenters. The second-order valence-electron chi connectivity index (χ2n) is 3.23. The first-order valence-electron chi connectivity index (χ1n) is 4.69. The van der Waals surface area contributed by atoms with Gasteiger partial charge in [0.2, 0.25) is 0 Å². The Labute approximate surface area is 87.2 Å². The zero-order valence-electron chi connectivity index (χ0n) is 8.59. The Hall–Kier alpha value is -1.16. The van der Waals surface area contributed by atoms with E-state index in [1.807, 2.05) is 6.92 Å². The Morgan fingerprint density at radius 1 is 1.36 bits per heavy atom. The highest BCUT2D eigenvalue weighted by molar-refractivity contribution is 7.18. The third-order valence-electron chi connectivity index (χ3n) is 1.97. The summed E-state index contributed by atoms with van der Waals surface area (Å²) >= 11 is 1.72. The van der Waals surface area contributed by atoms with Gasteiger partial charge in [0.05, 0.1) is 5.39 Å². The van der Waals surface area contributed by atoms with Gasteiger partial charge < -0.3 is 5.32 Å². The van der Waals surface area contributed by atoms with Crippen LogP contribution in [0, 0.1) is 13.8 Å². The van der Waals surface area contributed by atoms with Crippen molar-refractivity contribution in [2.75, 3.05) is 11.9 Å². The van der Waals surface area contributed by atoms with E-state index in [2.05, 4.69) is 35.2 Å². The Morgan fingerprint density at radius 3 is 2.86 bits per heavy atom. The third-order valence-corrected chi connectivity index (χ3v) is 2.92. The van der Waals surface area contributed by atoms with E-state index >= 15 is 0 Å². The highest BCUT2D eigenvalue weighted by Crippen LogP contribution is 2.28. The molecule has 2 aromatic rings. The summed E-state index contributed by atoms with van der Waals surface area (Å²) in [6.45, 7) is 6.98. The first kappa shape index (κ1) is 9.40. The number of hydrogen-bond donors (Lipinski definition) is 1. The van der Waals surface area contributed by atoms with E-state index in [-0.39, 0.29) is 0 Å². The van der Waals surface area contributed by atoms with Crippen molar-refractivity contribution in [1.82, 2.24) is 9.97 Å². The van der Waals surface area contributed by atoms with E-state index < -0.39 is 0 Å². The molecule has 14 heavy (non-hydrogen) atoms. The molecule has 2 aromatic heterocycles. The van der Waals surface area contributed by atoms with Gasteiger partial charge in [-0.3, -0.25) is 0 Å². The minimum atomic E-state index is 0.829. The minimum absolute atomic E-state index is 0.829. The fourth-order valence-corrected chi connectivity index (χ4v) is 2.38. The second kappa shape index (κ2) is 3.53. The molecule has 0 radical (unpaired) electrons. The maximum atomic E-state index is 4.41. The maximum absolute atomic E-state index is 4.41. The third kappa shape index (κ3) is 1.57. The SMILES string of the molecule is CCNc1nc(C)nc2sc(C)cc12. The minimum Gasteiger partial charge on any atom is -0.370 e. The molecule has 0 amide bonds. The molecule has 0 atom stereocenters. The Bertz CT molecular complexity index is 462. The fraction of sp³-hybridized carbons (Fsp3) is 0.400. The van der Waals surface area contributed by atoms with Crippen LogP contribution in [0.5, 0.6) is 0 Å². The molecule has 2 heterocycles. The summed E-state index contributed by atoms with van der Waals surface area (Å²) < 4.78 is 0. The van der Waals surface area contributed by atoms with Gasteiger partial charge in [0, 0.05) is 11.4 Å². The van der Waals surface area contributed by atoms with Gasteiger partial charge in [0.15, 0.2) is 0 Å². The fourth-order valence-electron chi connectivity index (χ4n) is 1.45. The average molecular weight is 207 g/mol. The van der Waals surface area contributed by atoms with Crippen molar-refractivity contribution in [3.63, 3.8) is 0 Å². The van der Waals surface area contributed by atoms with Crippen molar-refractivity contribution in [3.05, 3.63) is 16.8 Å². The van der Waals surface area contributed by atoms with Gasteiger partial charge in [-0.2, -0.15) is 0 Å². The summed E-state index contributed by atoms with van der Waals surface area (Å²) in [6, 6.07) is 2.14. The highest BCUT2D eigenvalue weighted by Gasteiger charge is 2.07. The zero-order valence-corrected chi connectivity index (χ0v) is 9.40. The van der Waals surface area contributed by atoms with Gasteiger partial charge >= 0.3 is 0 Å². The molecule has 1 N–H and O–H groups in total. The number of fused-ring (bicyclic) bond motifs is 1. The molecule has 3 nitrogen and oxygen atoms in total. The van der Waals surface area contributed by atoms with Crippen LogP contribution in [0.3, 0.4) is 0 Å². The van der Waals surface area contributed by atoms with Crippen LogP contribution in [0.2, 0.25) is 0 Å². The largest absolute Gasteiger partial charge is 0.370 e. The van der Waals surface area contributed by atoms with E-state index in [0.717, 1.165) is 28.4 Å². The number of aromatic nitrogens is 2. The molecule has 0 saturated heterocycles. The van der Waals surface area contributed by atoms with Crippen LogP contribution in [-0.2, 0) is 0 Å². The predicted octanol–water partition coefficient (Wildman–Crippen LogP) is 2.74. The zero-order chi connectivity index (χ0) is 10.1. The van der Waals surface area contributed by atoms with E-state index in [1.165, 1.54) is 4.88 Å². The van der Waals surface area contributed by atoms with E-state index in [1.54, 1.807) is 11.3 Å². The average Bonchev–Trinajstić information content (AvgIpc) is 2.45. The lowest BCUT2D eigenvalue weighted by atomic mass is 10.3. The normalized spacial score (nSPS) is 10.8. The lowest BCUT2D eigenvalue weighted by molar-refractivity contribution is 1.07. The number of nitrogens with one attached hydrogen (secondary N) is 1. The number of rotatable bonds is 2. The van der Waals surface area contributed by atoms with Crippen LogP contribution < -0.4 is 5.32 Å². The molecule has 0 aliphatic carbocycles. The van der Waals surface area contributed by atoms with Crippen molar-refractivity contribution in [2.24, 2.45) is 0 Å². The summed E-state index contributed by atoms with van der Waals surface area (Å²) in [6.07, 6.45) is 0. The van der Waals surface area contributed by atoms with E-state index in [9.17, 15) is 0 Å². The summed E-state index contributed by atoms with van der Waals surface area (Å²) in [5, 5.41) is 4.40. The lowest BCUT2D eigenvalue weighted by Crippen LogP contribution is -2.01. The van der Waals surface area contributed by atoms with Gasteiger partial charge in [0.1, 0.15) is 16.5 Å². The molecule has 0 aliphatic heterocycles. The molecule has 2 rings (SSSR count). The molecule has 4 heteroatoms. The quantitative estimate of drug-likeness (QED) is 0.822. The molecular weight excluding hydrogens is 194 g/mol. The molecule has 0 bridgehead atoms. The smallest absolute Gasteiger partial charge is 0.138 e. The van der Waals surface area contributed by atoms with Gasteiger partial charge in [-0.05, 0) is 26.8 Å². The van der Waals surface area contributed by atoms with Gasteiger partial charge in [-0.1, -0.05) is 0 Å². The molecule has 0 fully saturated rings. The van der Waals surface area contributed by atoms with Crippen LogP contribution in [0.25, 0.3) is 10.2 Å². The summed E-state index contributed by atoms with van der Waals surface area (Å²) in [5.41, 5.74) is 0. The van der Waals surface area contributed by atoms with Crippen molar-refractivity contribution in [3.8, 4) is 0 Å². The number of thiophene rings is 1. The molecule has 0 aromatic carbocycles. The first-order valence-corrected chi connectivity index (χ1v) is 5.51. The Balaban J connectivity index is 2.66. The van der Waals surface area contributed by atoms with Crippen LogP contribution >= 0.6 is 11.3 Å². The van der Waals surface area contributed by atoms with Crippen molar-refractivity contribution in [1.29, 1.82) is 0 Å². The van der Waals surface area contributed by atoms with E-state index in [4.69, 9.17) is 0 Å². The van der Waals surface area contributed by atoms with Gasteiger partial charge in [-0.25, -0.2) is 9.97 Å². The van der Waals surface area contributed by atoms with Crippen LogP contribution in [0.15, 0.2) is 6.07 Å². The molecule has 0 spiro atoms. The number of anilines is 1. The van der Waals surface area contributed by atoms with Crippen LogP contribution in [0.4, 0.5) is 5.82 Å². The Morgan fingerprint density at radius 2 is 2.14 bits per heavy atom. The second-order valence-corrected chi connectivity index (χ2v) is 4.46. The maximum Gasteiger partial charge on any atom is 0.138 e. The van der Waals surface area contributed by atoms with Crippen LogP contribution in [0.1, 0.15) is 17.6 Å². The predicted molar refractivity (Wildman–Crippen MR) is 61.1 cm³/mol. The molecular formula is C10H13N3S. The molecule has 0 aliphatic rings.